The third-order valence-corrected chi connectivity index (χ3v) is 6.06. The Morgan fingerprint density at radius 1 is 1.16 bits per heavy atom. The third kappa shape index (κ3) is 5.14. The van der Waals surface area contributed by atoms with E-state index in [1.165, 1.54) is 28.7 Å². The highest BCUT2D eigenvalue weighted by Crippen LogP contribution is 2.30. The van der Waals surface area contributed by atoms with Gasteiger partial charge in [0.2, 0.25) is 5.13 Å². The zero-order valence-electron chi connectivity index (χ0n) is 13.5. The first-order chi connectivity index (χ1) is 12.1. The normalized spacial score (nSPS) is 11.9. The van der Waals surface area contributed by atoms with Crippen LogP contribution in [0.25, 0.3) is 0 Å². The number of nitrogens with one attached hydrogen (secondary N) is 1. The van der Waals surface area contributed by atoms with Crippen LogP contribution >= 0.6 is 39.0 Å². The van der Waals surface area contributed by atoms with Crippen molar-refractivity contribution in [2.75, 3.05) is 5.32 Å². The predicted molar refractivity (Wildman–Crippen MR) is 107 cm³/mol. The Kier molecular flexibility index (Phi) is 6.23. The number of ketones is 1. The maximum Gasteiger partial charge on any atom is 0.206 e. The number of rotatable bonds is 7. The second-order valence-corrected chi connectivity index (χ2v) is 8.82. The SMILES string of the molecule is C[C@@H](Sc1nnc(NCc2ccccc2)s1)C(=O)c1ccc(Br)cc1. The molecule has 0 radical (unpaired) electrons. The predicted octanol–water partition coefficient (Wildman–Crippen LogP) is 5.28. The first-order valence-electron chi connectivity index (χ1n) is 7.69. The van der Waals surface area contributed by atoms with Gasteiger partial charge in [0.1, 0.15) is 0 Å². The first-order valence-corrected chi connectivity index (χ1v) is 10.2. The Morgan fingerprint density at radius 2 is 1.88 bits per heavy atom. The Hall–Kier alpha value is -1.70. The summed E-state index contributed by atoms with van der Waals surface area (Å²) in [6.07, 6.45) is 0. The summed E-state index contributed by atoms with van der Waals surface area (Å²) in [5.41, 5.74) is 1.89. The molecule has 0 saturated heterocycles. The minimum Gasteiger partial charge on any atom is -0.356 e. The number of halogens is 1. The summed E-state index contributed by atoms with van der Waals surface area (Å²) in [4.78, 5) is 12.5. The topological polar surface area (TPSA) is 54.9 Å². The van der Waals surface area contributed by atoms with Crippen LogP contribution in [0.1, 0.15) is 22.8 Å². The number of benzene rings is 2. The quantitative estimate of drug-likeness (QED) is 0.405. The average molecular weight is 434 g/mol. The van der Waals surface area contributed by atoms with Crippen molar-refractivity contribution in [2.45, 2.75) is 23.1 Å². The van der Waals surface area contributed by atoms with Crippen molar-refractivity contribution < 1.29 is 4.79 Å². The summed E-state index contributed by atoms with van der Waals surface area (Å²) in [6.45, 7) is 2.60. The first kappa shape index (κ1) is 18.1. The van der Waals surface area contributed by atoms with Gasteiger partial charge in [0.05, 0.1) is 5.25 Å². The van der Waals surface area contributed by atoms with Crippen molar-refractivity contribution >= 4 is 49.9 Å². The van der Waals surface area contributed by atoms with Gasteiger partial charge in [-0.2, -0.15) is 0 Å². The lowest BCUT2D eigenvalue weighted by Gasteiger charge is -2.07. The molecule has 0 aliphatic heterocycles. The van der Waals surface area contributed by atoms with Crippen LogP contribution in [0.4, 0.5) is 5.13 Å². The maximum absolute atomic E-state index is 12.5. The van der Waals surface area contributed by atoms with Crippen LogP contribution in [0.5, 0.6) is 0 Å². The fourth-order valence-electron chi connectivity index (χ4n) is 2.16. The van der Waals surface area contributed by atoms with E-state index in [-0.39, 0.29) is 11.0 Å². The van der Waals surface area contributed by atoms with Crippen LogP contribution in [-0.4, -0.2) is 21.2 Å². The van der Waals surface area contributed by atoms with Gasteiger partial charge >= 0.3 is 0 Å². The molecule has 1 N–H and O–H groups in total. The Labute approximate surface area is 163 Å². The molecule has 0 bridgehead atoms. The molecule has 0 saturated carbocycles. The molecule has 0 aliphatic rings. The highest BCUT2D eigenvalue weighted by atomic mass is 79.9. The van der Waals surface area contributed by atoms with E-state index in [9.17, 15) is 4.79 Å². The van der Waals surface area contributed by atoms with E-state index < -0.39 is 0 Å². The molecule has 3 aromatic rings. The minimum atomic E-state index is -0.212. The van der Waals surface area contributed by atoms with Crippen molar-refractivity contribution in [1.82, 2.24) is 10.2 Å². The highest BCUT2D eigenvalue weighted by molar-refractivity contribution is 9.10. The van der Waals surface area contributed by atoms with Gasteiger partial charge in [-0.1, -0.05) is 81.5 Å². The van der Waals surface area contributed by atoms with Crippen LogP contribution in [0, 0.1) is 0 Å². The van der Waals surface area contributed by atoms with Gasteiger partial charge in [-0.15, -0.1) is 10.2 Å². The number of hydrogen-bond donors (Lipinski definition) is 1. The summed E-state index contributed by atoms with van der Waals surface area (Å²) >= 11 is 6.28. The van der Waals surface area contributed by atoms with E-state index >= 15 is 0 Å². The summed E-state index contributed by atoms with van der Waals surface area (Å²) < 4.78 is 1.75. The molecule has 0 aliphatic carbocycles. The molecule has 1 atom stereocenters. The fraction of sp³-hybridized carbons (Fsp3) is 0.167. The number of nitrogens with zero attached hydrogens (tertiary/aromatic N) is 2. The third-order valence-electron chi connectivity index (χ3n) is 3.47. The van der Waals surface area contributed by atoms with Crippen molar-refractivity contribution in [3.63, 3.8) is 0 Å². The van der Waals surface area contributed by atoms with Crippen LogP contribution in [0.2, 0.25) is 0 Å². The van der Waals surface area contributed by atoms with E-state index in [4.69, 9.17) is 0 Å². The molecule has 3 rings (SSSR count). The second-order valence-electron chi connectivity index (χ2n) is 5.34. The lowest BCUT2D eigenvalue weighted by atomic mass is 10.1. The van der Waals surface area contributed by atoms with Crippen LogP contribution in [0.15, 0.2) is 63.4 Å². The fourth-order valence-corrected chi connectivity index (χ4v) is 4.39. The summed E-state index contributed by atoms with van der Waals surface area (Å²) in [5.74, 6) is 0.0893. The van der Waals surface area contributed by atoms with Gasteiger partial charge in [0.15, 0.2) is 10.1 Å². The number of aromatic nitrogens is 2. The van der Waals surface area contributed by atoms with Crippen LogP contribution in [-0.2, 0) is 6.54 Å². The molecular formula is C18H16BrN3OS2. The minimum absolute atomic E-state index is 0.0893. The van der Waals surface area contributed by atoms with Crippen molar-refractivity contribution in [1.29, 1.82) is 0 Å². The van der Waals surface area contributed by atoms with E-state index in [1.54, 1.807) is 0 Å². The maximum atomic E-state index is 12.5. The molecule has 0 fully saturated rings. The molecular weight excluding hydrogens is 418 g/mol. The number of carbonyl (C=O) groups is 1. The molecule has 128 valence electrons. The molecule has 1 aromatic heterocycles. The lowest BCUT2D eigenvalue weighted by Crippen LogP contribution is -2.13. The monoisotopic (exact) mass is 433 g/mol. The molecule has 0 spiro atoms. The average Bonchev–Trinajstić information content (AvgIpc) is 3.08. The lowest BCUT2D eigenvalue weighted by molar-refractivity contribution is 0.0994. The molecule has 7 heteroatoms. The van der Waals surface area contributed by atoms with Crippen LogP contribution < -0.4 is 5.32 Å². The van der Waals surface area contributed by atoms with Crippen molar-refractivity contribution in [3.05, 3.63) is 70.2 Å². The van der Waals surface area contributed by atoms with E-state index in [0.29, 0.717) is 12.1 Å². The standard InChI is InChI=1S/C18H16BrN3OS2/c1-12(16(23)14-7-9-15(19)10-8-14)24-18-22-21-17(25-18)20-11-13-5-3-2-4-6-13/h2-10,12H,11H2,1H3,(H,20,21)/t12-/m1/s1. The molecule has 2 aromatic carbocycles. The zero-order valence-corrected chi connectivity index (χ0v) is 16.7. The summed E-state index contributed by atoms with van der Waals surface area (Å²) in [5, 5.41) is 12.1. The van der Waals surface area contributed by atoms with Gasteiger partial charge in [-0.3, -0.25) is 4.79 Å². The van der Waals surface area contributed by atoms with E-state index in [0.717, 1.165) is 13.9 Å². The van der Waals surface area contributed by atoms with Gasteiger partial charge < -0.3 is 5.32 Å². The van der Waals surface area contributed by atoms with E-state index in [2.05, 4.69) is 43.6 Å². The molecule has 0 unspecified atom stereocenters. The second kappa shape index (κ2) is 8.60. The summed E-state index contributed by atoms with van der Waals surface area (Å²) in [6, 6.07) is 17.5. The van der Waals surface area contributed by atoms with Crippen LogP contribution in [0.3, 0.4) is 0 Å². The number of Topliss-reactive ketones (excluding diaryl/α,β-unsaturated/α-hetero) is 1. The Morgan fingerprint density at radius 3 is 2.60 bits per heavy atom. The van der Waals surface area contributed by atoms with Gasteiger partial charge in [0, 0.05) is 16.6 Å². The number of carbonyl (C=O) groups excluding carboxylic acids is 1. The van der Waals surface area contributed by atoms with Gasteiger partial charge in [-0.05, 0) is 24.6 Å². The van der Waals surface area contributed by atoms with Gasteiger partial charge in [-0.25, -0.2) is 0 Å². The smallest absolute Gasteiger partial charge is 0.206 e. The number of anilines is 1. The highest BCUT2D eigenvalue weighted by Gasteiger charge is 2.18. The molecule has 1 heterocycles. The number of hydrogen-bond acceptors (Lipinski definition) is 6. The Balaban J connectivity index is 1.57. The largest absolute Gasteiger partial charge is 0.356 e. The van der Waals surface area contributed by atoms with E-state index in [1.807, 2.05) is 49.4 Å². The molecule has 0 amide bonds. The van der Waals surface area contributed by atoms with Crippen molar-refractivity contribution in [2.24, 2.45) is 0 Å². The van der Waals surface area contributed by atoms with Crippen molar-refractivity contribution in [3.8, 4) is 0 Å². The Bertz CT molecular complexity index is 837. The molecule has 4 nitrogen and oxygen atoms in total. The zero-order chi connectivity index (χ0) is 17.6. The number of thioether (sulfide) groups is 1. The van der Waals surface area contributed by atoms with Gasteiger partial charge in [0.25, 0.3) is 0 Å². The summed E-state index contributed by atoms with van der Waals surface area (Å²) in [7, 11) is 0. The molecule has 25 heavy (non-hydrogen) atoms.